The van der Waals surface area contributed by atoms with Crippen molar-refractivity contribution >= 4 is 27.7 Å². The number of ether oxygens (including phenoxy) is 3. The van der Waals surface area contributed by atoms with Gasteiger partial charge in [-0.2, -0.15) is 0 Å². The molecule has 1 unspecified atom stereocenters. The van der Waals surface area contributed by atoms with Gasteiger partial charge in [-0.15, -0.1) is 0 Å². The van der Waals surface area contributed by atoms with Gasteiger partial charge in [-0.05, 0) is 59.9 Å². The Morgan fingerprint density at radius 1 is 0.875 bits per heavy atom. The molecule has 0 spiro atoms. The summed E-state index contributed by atoms with van der Waals surface area (Å²) in [7, 11) is -2.50. The van der Waals surface area contributed by atoms with Crippen LogP contribution in [-0.2, 0) is 30.7 Å². The number of nitrogens with one attached hydrogen (secondary N) is 3. The molecule has 1 saturated heterocycles. The zero-order valence-corrected chi connectivity index (χ0v) is 27.4. The Balaban J connectivity index is 1.25. The zero-order chi connectivity index (χ0) is 33.9. The number of benzene rings is 4. The maximum absolute atomic E-state index is 14.0. The van der Waals surface area contributed by atoms with E-state index in [1.807, 2.05) is 84.9 Å². The maximum Gasteiger partial charge on any atom is 0.407 e. The molecule has 1 fully saturated rings. The van der Waals surface area contributed by atoms with Crippen LogP contribution in [0.1, 0.15) is 29.0 Å². The van der Waals surface area contributed by atoms with E-state index >= 15 is 0 Å². The second-order valence-corrected chi connectivity index (χ2v) is 13.0. The van der Waals surface area contributed by atoms with E-state index in [0.29, 0.717) is 37.4 Å². The fourth-order valence-electron chi connectivity index (χ4n) is 5.73. The number of nitrogens with two attached hydrogens (primary N) is 1. The van der Waals surface area contributed by atoms with Crippen LogP contribution in [-0.4, -0.2) is 65.5 Å². The number of hydrogen-bond donors (Lipinski definition) is 4. The molecule has 48 heavy (non-hydrogen) atoms. The molecule has 4 aromatic carbocycles. The molecule has 12 heteroatoms. The van der Waals surface area contributed by atoms with Crippen LogP contribution in [0, 0.1) is 0 Å². The van der Waals surface area contributed by atoms with Crippen molar-refractivity contribution in [2.45, 2.75) is 41.9 Å². The van der Waals surface area contributed by atoms with Crippen LogP contribution in [0.2, 0.25) is 0 Å². The third-order valence-electron chi connectivity index (χ3n) is 8.12. The maximum atomic E-state index is 14.0. The lowest BCUT2D eigenvalue weighted by molar-refractivity contribution is -0.118. The van der Waals surface area contributed by atoms with Crippen LogP contribution < -0.4 is 25.8 Å². The Labute approximate surface area is 280 Å². The highest BCUT2D eigenvalue weighted by atomic mass is 32.2. The van der Waals surface area contributed by atoms with E-state index in [4.69, 9.17) is 19.3 Å². The number of para-hydroxylation sites is 1. The van der Waals surface area contributed by atoms with Crippen LogP contribution in [0.5, 0.6) is 5.75 Å². The molecule has 2 amide bonds. The normalized spacial score (nSPS) is 16.9. The minimum absolute atomic E-state index is 0.0180. The molecule has 5 N–H and O–H groups in total. The summed E-state index contributed by atoms with van der Waals surface area (Å²) in [5.41, 5.74) is 3.31. The Hall–Kier alpha value is -4.75. The first-order valence-electron chi connectivity index (χ1n) is 15.7. The zero-order valence-electron chi connectivity index (χ0n) is 26.6. The lowest BCUT2D eigenvalue weighted by Gasteiger charge is -2.31. The van der Waals surface area contributed by atoms with E-state index in [9.17, 15) is 18.0 Å². The quantitative estimate of drug-likeness (QED) is 0.165. The molecule has 252 valence electrons. The Morgan fingerprint density at radius 2 is 1.48 bits per heavy atom. The van der Waals surface area contributed by atoms with Crippen molar-refractivity contribution in [2.24, 2.45) is 5.14 Å². The van der Waals surface area contributed by atoms with Crippen LogP contribution >= 0.6 is 0 Å². The van der Waals surface area contributed by atoms with E-state index in [1.165, 1.54) is 19.2 Å². The number of primary sulfonamides is 1. The van der Waals surface area contributed by atoms with Crippen molar-refractivity contribution < 1.29 is 32.2 Å². The molecule has 0 radical (unpaired) electrons. The van der Waals surface area contributed by atoms with Gasteiger partial charge in [0.2, 0.25) is 15.9 Å². The fraction of sp³-hybridized carbons (Fsp3) is 0.278. The largest absolute Gasteiger partial charge is 0.491 e. The van der Waals surface area contributed by atoms with E-state index in [2.05, 4.69) is 16.0 Å². The van der Waals surface area contributed by atoms with Crippen molar-refractivity contribution in [3.8, 4) is 5.75 Å². The molecule has 0 saturated carbocycles. The standard InChI is InChI=1S/C36H40N4O7S/c1-45-36(42)40-34(33(26-11-4-2-5-12-26)27-13-6-3-7-14-27)35(41)39-32-15-9-8-10-25(32)16-17-29-22-38-23-30(47-29)24-46-28-18-20-31(21-19-28)48(37,43)44/h2-15,18-21,29-30,33-34,38H,16-17,22-24H2,1H3,(H,39,41)(H,40,42)(H2,37,43,44)/t29-,30+,34?/m1/s1. The van der Waals surface area contributed by atoms with Gasteiger partial charge in [-0.25, -0.2) is 18.4 Å². The molecule has 0 bridgehead atoms. The molecule has 1 heterocycles. The summed E-state index contributed by atoms with van der Waals surface area (Å²) >= 11 is 0. The molecular formula is C36H40N4O7S. The fourth-order valence-corrected chi connectivity index (χ4v) is 6.24. The van der Waals surface area contributed by atoms with Gasteiger partial charge in [0.15, 0.2) is 0 Å². The summed E-state index contributed by atoms with van der Waals surface area (Å²) < 4.78 is 40.1. The molecular weight excluding hydrogens is 632 g/mol. The number of sulfonamides is 1. The summed E-state index contributed by atoms with van der Waals surface area (Å²) in [6.07, 6.45) is 0.285. The number of carbonyl (C=O) groups is 2. The number of aryl methyl sites for hydroxylation is 1. The first-order chi connectivity index (χ1) is 23.2. The van der Waals surface area contributed by atoms with Gasteiger partial charge in [0, 0.05) is 24.7 Å². The number of morpholine rings is 1. The average Bonchev–Trinajstić information content (AvgIpc) is 3.11. The lowest BCUT2D eigenvalue weighted by Crippen LogP contribution is -2.48. The predicted octanol–water partition coefficient (Wildman–Crippen LogP) is 4.20. The van der Waals surface area contributed by atoms with Crippen molar-refractivity contribution in [2.75, 3.05) is 32.1 Å². The average molecular weight is 673 g/mol. The molecule has 3 atom stereocenters. The molecule has 11 nitrogen and oxygen atoms in total. The van der Waals surface area contributed by atoms with E-state index in [1.54, 1.807) is 12.1 Å². The number of hydrogen-bond acceptors (Lipinski definition) is 8. The third kappa shape index (κ3) is 9.41. The molecule has 1 aliphatic rings. The second kappa shape index (κ2) is 16.4. The van der Waals surface area contributed by atoms with Crippen molar-refractivity contribution in [3.63, 3.8) is 0 Å². The Bertz CT molecular complexity index is 1720. The van der Waals surface area contributed by atoms with Gasteiger partial charge in [0.25, 0.3) is 0 Å². The first kappa shape index (κ1) is 34.6. The first-order valence-corrected chi connectivity index (χ1v) is 17.2. The van der Waals surface area contributed by atoms with Crippen molar-refractivity contribution in [1.82, 2.24) is 10.6 Å². The van der Waals surface area contributed by atoms with E-state index < -0.39 is 28.1 Å². The molecule has 4 aromatic rings. The summed E-state index contributed by atoms with van der Waals surface area (Å²) in [5, 5.41) is 14.4. The van der Waals surface area contributed by atoms with E-state index in [0.717, 1.165) is 16.7 Å². The topological polar surface area (TPSA) is 158 Å². The van der Waals surface area contributed by atoms with Crippen molar-refractivity contribution in [3.05, 3.63) is 126 Å². The van der Waals surface area contributed by atoms with Gasteiger partial charge in [0.05, 0.1) is 18.1 Å². The van der Waals surface area contributed by atoms with Gasteiger partial charge < -0.3 is 30.2 Å². The van der Waals surface area contributed by atoms with Crippen LogP contribution in [0.15, 0.2) is 114 Å². The van der Waals surface area contributed by atoms with Crippen LogP contribution in [0.3, 0.4) is 0 Å². The highest BCUT2D eigenvalue weighted by Crippen LogP contribution is 2.30. The van der Waals surface area contributed by atoms with Gasteiger partial charge in [0.1, 0.15) is 24.5 Å². The molecule has 5 rings (SSSR count). The smallest absolute Gasteiger partial charge is 0.407 e. The number of carbonyl (C=O) groups excluding carboxylic acids is 2. The molecule has 0 aromatic heterocycles. The predicted molar refractivity (Wildman–Crippen MR) is 182 cm³/mol. The summed E-state index contributed by atoms with van der Waals surface area (Å²) in [5.74, 6) is -0.346. The van der Waals surface area contributed by atoms with Crippen LogP contribution in [0.25, 0.3) is 0 Å². The summed E-state index contributed by atoms with van der Waals surface area (Å²) in [6, 6.07) is 31.7. The third-order valence-corrected chi connectivity index (χ3v) is 9.05. The highest BCUT2D eigenvalue weighted by Gasteiger charge is 2.33. The Kier molecular flexibility index (Phi) is 11.8. The number of amides is 2. The minimum Gasteiger partial charge on any atom is -0.491 e. The number of rotatable bonds is 13. The number of anilines is 1. The highest BCUT2D eigenvalue weighted by molar-refractivity contribution is 7.89. The van der Waals surface area contributed by atoms with Gasteiger partial charge in [-0.1, -0.05) is 78.9 Å². The number of methoxy groups -OCH3 is 1. The Morgan fingerprint density at radius 3 is 2.10 bits per heavy atom. The van der Waals surface area contributed by atoms with Gasteiger partial charge >= 0.3 is 6.09 Å². The van der Waals surface area contributed by atoms with E-state index in [-0.39, 0.29) is 29.6 Å². The summed E-state index contributed by atoms with van der Waals surface area (Å²) in [6.45, 7) is 1.55. The molecule has 1 aliphatic heterocycles. The van der Waals surface area contributed by atoms with Crippen LogP contribution in [0.4, 0.5) is 10.5 Å². The number of alkyl carbamates (subject to hydrolysis) is 1. The second-order valence-electron chi connectivity index (χ2n) is 11.5. The van der Waals surface area contributed by atoms with Gasteiger partial charge in [-0.3, -0.25) is 4.79 Å². The van der Waals surface area contributed by atoms with Crippen molar-refractivity contribution in [1.29, 1.82) is 0 Å². The lowest BCUT2D eigenvalue weighted by atomic mass is 9.84. The summed E-state index contributed by atoms with van der Waals surface area (Å²) in [4.78, 5) is 26.6. The molecule has 0 aliphatic carbocycles. The monoisotopic (exact) mass is 672 g/mol. The SMILES string of the molecule is COC(=O)NC(C(=O)Nc1ccccc1CC[C@@H]1CNC[C@@H](COc2ccc(S(N)(=O)=O)cc2)O1)C(c1ccccc1)c1ccccc1. The minimum atomic E-state index is -3.77.